The molecule has 0 aromatic heterocycles. The van der Waals surface area contributed by atoms with Gasteiger partial charge in [0.15, 0.2) is 12.4 Å². The molecule has 0 saturated heterocycles. The minimum Gasteiger partial charge on any atom is -0.497 e. The second kappa shape index (κ2) is 9.71. The van der Waals surface area contributed by atoms with Crippen LogP contribution in [0.2, 0.25) is 5.02 Å². The zero-order valence-corrected chi connectivity index (χ0v) is 16.8. The Labute approximate surface area is 178 Å². The monoisotopic (exact) mass is 423 g/mol. The first-order valence-electron chi connectivity index (χ1n) is 8.98. The number of anilines is 1. The second-order valence-electron chi connectivity index (χ2n) is 6.23. The van der Waals surface area contributed by atoms with Crippen LogP contribution in [-0.2, 0) is 9.53 Å². The van der Waals surface area contributed by atoms with Gasteiger partial charge in [-0.25, -0.2) is 4.79 Å². The van der Waals surface area contributed by atoms with E-state index in [-0.39, 0.29) is 16.9 Å². The number of amides is 1. The largest absolute Gasteiger partial charge is 0.497 e. The molecule has 0 radical (unpaired) electrons. The van der Waals surface area contributed by atoms with Crippen LogP contribution < -0.4 is 10.1 Å². The van der Waals surface area contributed by atoms with E-state index < -0.39 is 18.5 Å². The summed E-state index contributed by atoms with van der Waals surface area (Å²) in [6, 6.07) is 19.3. The molecule has 0 fully saturated rings. The van der Waals surface area contributed by atoms with Crippen molar-refractivity contribution in [3.05, 3.63) is 94.5 Å². The van der Waals surface area contributed by atoms with Crippen LogP contribution in [-0.4, -0.2) is 31.4 Å². The zero-order valence-electron chi connectivity index (χ0n) is 16.1. The number of benzene rings is 3. The molecule has 0 aliphatic rings. The van der Waals surface area contributed by atoms with Crippen LogP contribution in [0.5, 0.6) is 5.75 Å². The van der Waals surface area contributed by atoms with Crippen molar-refractivity contribution >= 4 is 34.9 Å². The molecule has 30 heavy (non-hydrogen) atoms. The molecule has 0 spiro atoms. The highest BCUT2D eigenvalue weighted by atomic mass is 35.5. The third-order valence-corrected chi connectivity index (χ3v) is 4.46. The predicted molar refractivity (Wildman–Crippen MR) is 113 cm³/mol. The van der Waals surface area contributed by atoms with Crippen molar-refractivity contribution in [2.45, 2.75) is 0 Å². The summed E-state index contributed by atoms with van der Waals surface area (Å²) in [6.07, 6.45) is 0. The number of halogens is 1. The van der Waals surface area contributed by atoms with Gasteiger partial charge in [-0.3, -0.25) is 9.59 Å². The van der Waals surface area contributed by atoms with Crippen LogP contribution in [0.25, 0.3) is 0 Å². The summed E-state index contributed by atoms with van der Waals surface area (Å²) < 4.78 is 10.2. The summed E-state index contributed by atoms with van der Waals surface area (Å²) in [4.78, 5) is 37.4. The molecule has 3 aromatic rings. The van der Waals surface area contributed by atoms with E-state index in [1.807, 2.05) is 0 Å². The molecule has 0 unspecified atom stereocenters. The third-order valence-electron chi connectivity index (χ3n) is 4.21. The van der Waals surface area contributed by atoms with Gasteiger partial charge in [-0.2, -0.15) is 0 Å². The van der Waals surface area contributed by atoms with Crippen LogP contribution in [0.4, 0.5) is 5.69 Å². The average Bonchev–Trinajstić information content (AvgIpc) is 2.78. The molecule has 1 N–H and O–H groups in total. The van der Waals surface area contributed by atoms with Crippen molar-refractivity contribution in [3.8, 4) is 5.75 Å². The van der Waals surface area contributed by atoms with Crippen LogP contribution in [0.3, 0.4) is 0 Å². The van der Waals surface area contributed by atoms with Gasteiger partial charge in [-0.15, -0.1) is 0 Å². The molecular weight excluding hydrogens is 406 g/mol. The third kappa shape index (κ3) is 5.24. The van der Waals surface area contributed by atoms with Crippen LogP contribution in [0, 0.1) is 0 Å². The number of rotatable bonds is 7. The molecule has 0 heterocycles. The lowest BCUT2D eigenvalue weighted by molar-refractivity contribution is -0.119. The average molecular weight is 424 g/mol. The SMILES string of the molecule is COc1ccc(NC(=O)COC(=O)c2ccccc2C(=O)c2ccc(Cl)cc2)cc1. The number of ketones is 1. The topological polar surface area (TPSA) is 81.7 Å². The maximum Gasteiger partial charge on any atom is 0.339 e. The van der Waals surface area contributed by atoms with E-state index in [2.05, 4.69) is 5.32 Å². The van der Waals surface area contributed by atoms with Crippen molar-refractivity contribution in [2.75, 3.05) is 19.0 Å². The van der Waals surface area contributed by atoms with Gasteiger partial charge in [-0.05, 0) is 54.6 Å². The summed E-state index contributed by atoms with van der Waals surface area (Å²) in [5.74, 6) is -0.962. The van der Waals surface area contributed by atoms with Gasteiger partial charge in [0.1, 0.15) is 5.75 Å². The molecule has 0 aliphatic heterocycles. The van der Waals surface area contributed by atoms with E-state index >= 15 is 0 Å². The molecule has 6 nitrogen and oxygen atoms in total. The number of carbonyl (C=O) groups excluding carboxylic acids is 3. The van der Waals surface area contributed by atoms with Gasteiger partial charge in [0, 0.05) is 21.8 Å². The summed E-state index contributed by atoms with van der Waals surface area (Å²) in [6.45, 7) is -0.492. The summed E-state index contributed by atoms with van der Waals surface area (Å²) in [7, 11) is 1.54. The Morgan fingerprint density at radius 3 is 2.13 bits per heavy atom. The molecular formula is C23H18ClNO5. The predicted octanol–water partition coefficient (Wildman–Crippen LogP) is 4.38. The number of esters is 1. The van der Waals surface area contributed by atoms with Crippen molar-refractivity contribution < 1.29 is 23.9 Å². The van der Waals surface area contributed by atoms with Gasteiger partial charge in [0.05, 0.1) is 12.7 Å². The minimum atomic E-state index is -0.766. The normalized spacial score (nSPS) is 10.2. The van der Waals surface area contributed by atoms with Gasteiger partial charge in [-0.1, -0.05) is 29.8 Å². The minimum absolute atomic E-state index is 0.0784. The van der Waals surface area contributed by atoms with Gasteiger partial charge >= 0.3 is 5.97 Å². The Kier molecular flexibility index (Phi) is 6.83. The fourth-order valence-electron chi connectivity index (χ4n) is 2.70. The van der Waals surface area contributed by atoms with Crippen molar-refractivity contribution in [3.63, 3.8) is 0 Å². The van der Waals surface area contributed by atoms with E-state index in [4.69, 9.17) is 21.1 Å². The Balaban J connectivity index is 1.66. The van der Waals surface area contributed by atoms with Crippen LogP contribution >= 0.6 is 11.6 Å². The van der Waals surface area contributed by atoms with E-state index in [1.54, 1.807) is 67.8 Å². The van der Waals surface area contributed by atoms with E-state index in [0.717, 1.165) is 0 Å². The number of carbonyl (C=O) groups is 3. The highest BCUT2D eigenvalue weighted by molar-refractivity contribution is 6.30. The Hall–Kier alpha value is -3.64. The lowest BCUT2D eigenvalue weighted by atomic mass is 9.98. The standard InChI is InChI=1S/C23H18ClNO5/c1-29-18-12-10-17(11-13-18)25-21(26)14-30-23(28)20-5-3-2-4-19(20)22(27)15-6-8-16(24)9-7-15/h2-13H,14H2,1H3,(H,25,26). The number of nitrogens with one attached hydrogen (secondary N) is 1. The molecule has 3 rings (SSSR count). The fraction of sp³-hybridized carbons (Fsp3) is 0.0870. The van der Waals surface area contributed by atoms with Crippen molar-refractivity contribution in [1.82, 2.24) is 0 Å². The molecule has 152 valence electrons. The fourth-order valence-corrected chi connectivity index (χ4v) is 2.82. The van der Waals surface area contributed by atoms with Crippen LogP contribution in [0.15, 0.2) is 72.8 Å². The maximum atomic E-state index is 12.8. The molecule has 1 amide bonds. The smallest absolute Gasteiger partial charge is 0.339 e. The first kappa shape index (κ1) is 21.1. The molecule has 0 saturated carbocycles. The molecule has 0 bridgehead atoms. The van der Waals surface area contributed by atoms with Gasteiger partial charge in [0.25, 0.3) is 5.91 Å². The zero-order chi connectivity index (χ0) is 21.5. The number of methoxy groups -OCH3 is 1. The van der Waals surface area contributed by atoms with Gasteiger partial charge < -0.3 is 14.8 Å². The highest BCUT2D eigenvalue weighted by Crippen LogP contribution is 2.18. The van der Waals surface area contributed by atoms with E-state index in [0.29, 0.717) is 22.0 Å². The molecule has 0 aliphatic carbocycles. The van der Waals surface area contributed by atoms with Crippen LogP contribution in [0.1, 0.15) is 26.3 Å². The number of hydrogen-bond acceptors (Lipinski definition) is 5. The number of hydrogen-bond donors (Lipinski definition) is 1. The first-order chi connectivity index (χ1) is 14.5. The quantitative estimate of drug-likeness (QED) is 0.450. The summed E-state index contributed by atoms with van der Waals surface area (Å²) in [5, 5.41) is 3.12. The molecule has 7 heteroatoms. The summed E-state index contributed by atoms with van der Waals surface area (Å²) >= 11 is 5.86. The number of ether oxygens (including phenoxy) is 2. The Morgan fingerprint density at radius 2 is 1.50 bits per heavy atom. The summed E-state index contributed by atoms with van der Waals surface area (Å²) in [5.41, 5.74) is 1.18. The second-order valence-corrected chi connectivity index (χ2v) is 6.67. The Bertz CT molecular complexity index is 1060. The lowest BCUT2D eigenvalue weighted by Crippen LogP contribution is -2.22. The van der Waals surface area contributed by atoms with Crippen molar-refractivity contribution in [2.24, 2.45) is 0 Å². The molecule has 3 aromatic carbocycles. The van der Waals surface area contributed by atoms with Gasteiger partial charge in [0.2, 0.25) is 0 Å². The first-order valence-corrected chi connectivity index (χ1v) is 9.36. The maximum absolute atomic E-state index is 12.8. The van der Waals surface area contributed by atoms with E-state index in [9.17, 15) is 14.4 Å². The molecule has 0 atom stereocenters. The van der Waals surface area contributed by atoms with E-state index in [1.165, 1.54) is 12.1 Å². The highest BCUT2D eigenvalue weighted by Gasteiger charge is 2.20. The lowest BCUT2D eigenvalue weighted by Gasteiger charge is -2.10. The Morgan fingerprint density at radius 1 is 0.867 bits per heavy atom. The van der Waals surface area contributed by atoms with Crippen molar-refractivity contribution in [1.29, 1.82) is 0 Å².